The molecule has 1 saturated heterocycles. The quantitative estimate of drug-likeness (QED) is 0.719. The predicted octanol–water partition coefficient (Wildman–Crippen LogP) is 3.69. The first-order valence-electron chi connectivity index (χ1n) is 9.08. The summed E-state index contributed by atoms with van der Waals surface area (Å²) >= 11 is 4.92. The molecule has 1 saturated carbocycles. The van der Waals surface area contributed by atoms with Crippen LogP contribution in [0.1, 0.15) is 23.2 Å². The first-order chi connectivity index (χ1) is 13.1. The van der Waals surface area contributed by atoms with Crippen molar-refractivity contribution in [2.45, 2.75) is 22.8 Å². The lowest BCUT2D eigenvalue weighted by molar-refractivity contribution is -0.134. The Kier molecular flexibility index (Phi) is 5.50. The van der Waals surface area contributed by atoms with Crippen LogP contribution in [-0.4, -0.2) is 52.8 Å². The lowest BCUT2D eigenvalue weighted by Gasteiger charge is -2.35. The van der Waals surface area contributed by atoms with Gasteiger partial charge < -0.3 is 9.80 Å². The van der Waals surface area contributed by atoms with Crippen LogP contribution in [-0.2, 0) is 4.79 Å². The van der Waals surface area contributed by atoms with Crippen LogP contribution in [0.5, 0.6) is 0 Å². The SMILES string of the molecule is O=C(c1cccnc1Sc1ccc(Br)cc1)N1CCN(C(=O)C2CC2)CC1. The van der Waals surface area contributed by atoms with Gasteiger partial charge in [-0.15, -0.1) is 0 Å². The molecular formula is C20H20BrN3O2S. The van der Waals surface area contributed by atoms with E-state index in [4.69, 9.17) is 0 Å². The van der Waals surface area contributed by atoms with E-state index < -0.39 is 0 Å². The summed E-state index contributed by atoms with van der Waals surface area (Å²) in [5.41, 5.74) is 0.618. The van der Waals surface area contributed by atoms with E-state index in [-0.39, 0.29) is 17.7 Å². The Hall–Kier alpha value is -1.86. The van der Waals surface area contributed by atoms with Gasteiger partial charge in [-0.2, -0.15) is 0 Å². The largest absolute Gasteiger partial charge is 0.339 e. The number of aromatic nitrogens is 1. The molecule has 2 fully saturated rings. The second kappa shape index (κ2) is 8.02. The highest BCUT2D eigenvalue weighted by atomic mass is 79.9. The van der Waals surface area contributed by atoms with Crippen molar-refractivity contribution in [3.05, 3.63) is 52.6 Å². The van der Waals surface area contributed by atoms with Gasteiger partial charge in [0.25, 0.3) is 5.91 Å². The molecule has 140 valence electrons. The summed E-state index contributed by atoms with van der Waals surface area (Å²) in [7, 11) is 0. The van der Waals surface area contributed by atoms with Gasteiger partial charge in [0.15, 0.2) is 0 Å². The van der Waals surface area contributed by atoms with E-state index >= 15 is 0 Å². The average molecular weight is 446 g/mol. The van der Waals surface area contributed by atoms with Crippen LogP contribution in [0.2, 0.25) is 0 Å². The Bertz CT molecular complexity index is 847. The van der Waals surface area contributed by atoms with Crippen molar-refractivity contribution in [3.8, 4) is 0 Å². The maximum atomic E-state index is 13.0. The van der Waals surface area contributed by atoms with Crippen LogP contribution in [0.4, 0.5) is 0 Å². The maximum Gasteiger partial charge on any atom is 0.256 e. The first-order valence-corrected chi connectivity index (χ1v) is 10.7. The fourth-order valence-corrected chi connectivity index (χ4v) is 4.28. The normalized spacial score (nSPS) is 17.1. The molecule has 0 atom stereocenters. The summed E-state index contributed by atoms with van der Waals surface area (Å²) in [6.45, 7) is 2.40. The molecule has 2 heterocycles. The number of hydrogen-bond acceptors (Lipinski definition) is 4. The Balaban J connectivity index is 1.44. The summed E-state index contributed by atoms with van der Waals surface area (Å²) in [6, 6.07) is 11.6. The van der Waals surface area contributed by atoms with E-state index in [0.29, 0.717) is 36.8 Å². The number of hydrogen-bond donors (Lipinski definition) is 0. The van der Waals surface area contributed by atoms with Gasteiger partial charge >= 0.3 is 0 Å². The zero-order valence-corrected chi connectivity index (χ0v) is 17.2. The van der Waals surface area contributed by atoms with Crippen LogP contribution in [0.3, 0.4) is 0 Å². The molecule has 0 radical (unpaired) electrons. The predicted molar refractivity (Wildman–Crippen MR) is 108 cm³/mol. The third-order valence-electron chi connectivity index (χ3n) is 4.83. The van der Waals surface area contributed by atoms with Crippen LogP contribution < -0.4 is 0 Å². The van der Waals surface area contributed by atoms with Gasteiger partial charge in [0.1, 0.15) is 5.03 Å². The van der Waals surface area contributed by atoms with Gasteiger partial charge in [-0.05, 0) is 49.2 Å². The molecule has 1 aliphatic carbocycles. The molecule has 0 N–H and O–H groups in total. The molecule has 7 heteroatoms. The van der Waals surface area contributed by atoms with E-state index in [1.165, 1.54) is 11.8 Å². The molecule has 1 aromatic heterocycles. The molecule has 27 heavy (non-hydrogen) atoms. The van der Waals surface area contributed by atoms with Crippen molar-refractivity contribution in [2.24, 2.45) is 5.92 Å². The highest BCUT2D eigenvalue weighted by molar-refractivity contribution is 9.10. The fraction of sp³-hybridized carbons (Fsp3) is 0.350. The maximum absolute atomic E-state index is 13.0. The topological polar surface area (TPSA) is 53.5 Å². The lowest BCUT2D eigenvalue weighted by atomic mass is 10.2. The average Bonchev–Trinajstić information content (AvgIpc) is 3.55. The van der Waals surface area contributed by atoms with E-state index in [1.807, 2.05) is 40.1 Å². The van der Waals surface area contributed by atoms with Gasteiger partial charge in [-0.25, -0.2) is 4.98 Å². The van der Waals surface area contributed by atoms with Gasteiger partial charge in [0.05, 0.1) is 5.56 Å². The number of nitrogens with zero attached hydrogens (tertiary/aromatic N) is 3. The Morgan fingerprint density at radius 2 is 1.67 bits per heavy atom. The van der Waals surface area contributed by atoms with E-state index in [0.717, 1.165) is 22.2 Å². The van der Waals surface area contributed by atoms with Crippen LogP contribution in [0.25, 0.3) is 0 Å². The Morgan fingerprint density at radius 3 is 2.33 bits per heavy atom. The molecule has 1 aromatic carbocycles. The third kappa shape index (κ3) is 4.35. The number of carbonyl (C=O) groups excluding carboxylic acids is 2. The molecule has 2 amide bonds. The van der Waals surface area contributed by atoms with Gasteiger partial charge in [-0.1, -0.05) is 27.7 Å². The van der Waals surface area contributed by atoms with Crippen molar-refractivity contribution < 1.29 is 9.59 Å². The zero-order chi connectivity index (χ0) is 18.8. The summed E-state index contributed by atoms with van der Waals surface area (Å²) in [5.74, 6) is 0.482. The van der Waals surface area contributed by atoms with Crippen molar-refractivity contribution >= 4 is 39.5 Å². The number of benzene rings is 1. The molecule has 1 aliphatic heterocycles. The molecule has 2 aliphatic rings. The van der Waals surface area contributed by atoms with Gasteiger partial charge in [0.2, 0.25) is 5.91 Å². The Morgan fingerprint density at radius 1 is 1.00 bits per heavy atom. The Labute approximate surface area is 171 Å². The number of pyridine rings is 1. The second-order valence-electron chi connectivity index (χ2n) is 6.80. The number of piperazine rings is 1. The third-order valence-corrected chi connectivity index (χ3v) is 6.39. The molecule has 0 bridgehead atoms. The fourth-order valence-electron chi connectivity index (χ4n) is 3.14. The summed E-state index contributed by atoms with van der Waals surface area (Å²) in [6.07, 6.45) is 3.75. The van der Waals surface area contributed by atoms with E-state index in [1.54, 1.807) is 12.3 Å². The summed E-state index contributed by atoms with van der Waals surface area (Å²) < 4.78 is 1.02. The van der Waals surface area contributed by atoms with E-state index in [2.05, 4.69) is 20.9 Å². The second-order valence-corrected chi connectivity index (χ2v) is 8.78. The smallest absolute Gasteiger partial charge is 0.256 e. The van der Waals surface area contributed by atoms with Crippen LogP contribution in [0.15, 0.2) is 57.0 Å². The minimum absolute atomic E-state index is 0.0127. The highest BCUT2D eigenvalue weighted by Gasteiger charge is 2.35. The molecule has 4 rings (SSSR count). The minimum Gasteiger partial charge on any atom is -0.339 e. The highest BCUT2D eigenvalue weighted by Crippen LogP contribution is 2.32. The minimum atomic E-state index is -0.0127. The van der Waals surface area contributed by atoms with Gasteiger partial charge in [0, 0.05) is 47.7 Å². The number of rotatable bonds is 4. The summed E-state index contributed by atoms with van der Waals surface area (Å²) in [4.78, 5) is 34.4. The van der Waals surface area contributed by atoms with E-state index in [9.17, 15) is 9.59 Å². The van der Waals surface area contributed by atoms with Crippen molar-refractivity contribution in [1.29, 1.82) is 0 Å². The molecule has 5 nitrogen and oxygen atoms in total. The lowest BCUT2D eigenvalue weighted by Crippen LogP contribution is -2.51. The number of amides is 2. The van der Waals surface area contributed by atoms with Crippen LogP contribution in [0, 0.1) is 5.92 Å². The van der Waals surface area contributed by atoms with Gasteiger partial charge in [-0.3, -0.25) is 9.59 Å². The van der Waals surface area contributed by atoms with Crippen LogP contribution >= 0.6 is 27.7 Å². The zero-order valence-electron chi connectivity index (χ0n) is 14.8. The molecule has 0 unspecified atom stereocenters. The van der Waals surface area contributed by atoms with Crippen molar-refractivity contribution in [3.63, 3.8) is 0 Å². The molecule has 0 spiro atoms. The number of halogens is 1. The monoisotopic (exact) mass is 445 g/mol. The summed E-state index contributed by atoms with van der Waals surface area (Å²) in [5, 5.41) is 0.710. The molecule has 2 aromatic rings. The van der Waals surface area contributed by atoms with Crippen molar-refractivity contribution in [1.82, 2.24) is 14.8 Å². The first kappa shape index (κ1) is 18.5. The van der Waals surface area contributed by atoms with Crippen molar-refractivity contribution in [2.75, 3.05) is 26.2 Å². The number of carbonyl (C=O) groups is 2. The standard InChI is InChI=1S/C20H20BrN3O2S/c21-15-5-7-16(8-6-15)27-18-17(2-1-9-22-18)20(26)24-12-10-23(11-13-24)19(25)14-3-4-14/h1-2,5-9,14H,3-4,10-13H2. The molecular weight excluding hydrogens is 426 g/mol.